The Morgan fingerprint density at radius 3 is 2.85 bits per heavy atom. The molecular formula is C13H13F2NO4. The molecule has 7 heteroatoms. The number of amides is 1. The smallest absolute Gasteiger partial charge is 0.387 e. The van der Waals surface area contributed by atoms with Crippen LogP contribution in [0.4, 0.5) is 8.78 Å². The first-order chi connectivity index (χ1) is 9.66. The van der Waals surface area contributed by atoms with Crippen molar-refractivity contribution in [1.29, 1.82) is 0 Å². The van der Waals surface area contributed by atoms with Crippen molar-refractivity contribution in [2.24, 2.45) is 0 Å². The number of hydrogen-bond donors (Lipinski definition) is 1. The van der Waals surface area contributed by atoms with Crippen LogP contribution in [0, 0.1) is 0 Å². The van der Waals surface area contributed by atoms with Gasteiger partial charge in [0.05, 0.1) is 0 Å². The van der Waals surface area contributed by atoms with E-state index in [1.54, 1.807) is 18.2 Å². The highest BCUT2D eigenvalue weighted by Crippen LogP contribution is 2.20. The lowest BCUT2D eigenvalue weighted by Gasteiger charge is -2.15. The molecule has 0 fully saturated rings. The number of carbonyl (C=O) groups is 1. The summed E-state index contributed by atoms with van der Waals surface area (Å²) in [5, 5.41) is 2.55. The molecule has 0 saturated heterocycles. The van der Waals surface area contributed by atoms with Crippen molar-refractivity contribution in [1.82, 2.24) is 5.32 Å². The van der Waals surface area contributed by atoms with E-state index in [-0.39, 0.29) is 18.1 Å². The highest BCUT2D eigenvalue weighted by Gasteiger charge is 2.16. The first kappa shape index (κ1) is 14.1. The van der Waals surface area contributed by atoms with Crippen molar-refractivity contribution in [2.45, 2.75) is 13.2 Å². The summed E-state index contributed by atoms with van der Waals surface area (Å²) in [4.78, 5) is 11.7. The number of rotatable bonds is 5. The van der Waals surface area contributed by atoms with E-state index in [0.717, 1.165) is 0 Å². The minimum absolute atomic E-state index is 0.0255. The molecule has 1 heterocycles. The van der Waals surface area contributed by atoms with Crippen molar-refractivity contribution in [3.8, 4) is 5.75 Å². The highest BCUT2D eigenvalue weighted by molar-refractivity contribution is 5.91. The van der Waals surface area contributed by atoms with Gasteiger partial charge in [0, 0.05) is 12.1 Å². The van der Waals surface area contributed by atoms with E-state index < -0.39 is 12.5 Å². The van der Waals surface area contributed by atoms with Crippen LogP contribution in [0.1, 0.15) is 5.56 Å². The Hall–Kier alpha value is -2.31. The minimum Gasteiger partial charge on any atom is -0.494 e. The van der Waals surface area contributed by atoms with Crippen molar-refractivity contribution < 1.29 is 27.8 Å². The van der Waals surface area contributed by atoms with E-state index in [1.165, 1.54) is 12.3 Å². The van der Waals surface area contributed by atoms with Crippen molar-refractivity contribution in [3.05, 3.63) is 41.9 Å². The Morgan fingerprint density at radius 1 is 1.35 bits per heavy atom. The van der Waals surface area contributed by atoms with E-state index in [4.69, 9.17) is 9.47 Å². The summed E-state index contributed by atoms with van der Waals surface area (Å²) in [6.07, 6.45) is 1.22. The zero-order chi connectivity index (χ0) is 14.4. The maximum Gasteiger partial charge on any atom is 0.387 e. The number of carbonyl (C=O) groups excluding carboxylic acids is 1. The first-order valence-corrected chi connectivity index (χ1v) is 5.92. The van der Waals surface area contributed by atoms with E-state index in [1.807, 2.05) is 0 Å². The van der Waals surface area contributed by atoms with Crippen LogP contribution in [0.3, 0.4) is 0 Å². The lowest BCUT2D eigenvalue weighted by molar-refractivity contribution is -0.122. The standard InChI is InChI=1S/C13H13F2NO4/c14-13(15)20-10-4-2-1-3-9(10)7-16-12(17)11-8-18-5-6-19-11/h1-4,8,13H,5-7H2,(H,16,17). The Bertz CT molecular complexity index is 505. The Morgan fingerprint density at radius 2 is 2.15 bits per heavy atom. The summed E-state index contributed by atoms with van der Waals surface area (Å²) in [7, 11) is 0. The van der Waals surface area contributed by atoms with E-state index in [9.17, 15) is 13.6 Å². The summed E-state index contributed by atoms with van der Waals surface area (Å²) >= 11 is 0. The average Bonchev–Trinajstić information content (AvgIpc) is 2.46. The number of para-hydroxylation sites is 1. The zero-order valence-electron chi connectivity index (χ0n) is 10.5. The van der Waals surface area contributed by atoms with Gasteiger partial charge in [0.2, 0.25) is 5.76 Å². The average molecular weight is 285 g/mol. The molecule has 0 bridgehead atoms. The maximum absolute atomic E-state index is 12.2. The molecule has 2 rings (SSSR count). The SMILES string of the molecule is O=C(NCc1ccccc1OC(F)F)C1=COCCO1. The van der Waals surface area contributed by atoms with E-state index in [0.29, 0.717) is 18.8 Å². The number of hydrogen-bond acceptors (Lipinski definition) is 4. The molecule has 1 N–H and O–H groups in total. The molecule has 20 heavy (non-hydrogen) atoms. The molecule has 0 unspecified atom stereocenters. The first-order valence-electron chi connectivity index (χ1n) is 5.92. The van der Waals surface area contributed by atoms with Gasteiger partial charge in [-0.25, -0.2) is 0 Å². The molecule has 0 saturated carbocycles. The lowest BCUT2D eigenvalue weighted by Crippen LogP contribution is -2.28. The lowest BCUT2D eigenvalue weighted by atomic mass is 10.2. The predicted molar refractivity (Wildman–Crippen MR) is 64.9 cm³/mol. The summed E-state index contributed by atoms with van der Waals surface area (Å²) in [6, 6.07) is 6.24. The molecular weight excluding hydrogens is 272 g/mol. The van der Waals surface area contributed by atoms with Gasteiger partial charge >= 0.3 is 6.61 Å². The molecule has 0 spiro atoms. The summed E-state index contributed by atoms with van der Waals surface area (Å²) in [5.41, 5.74) is 0.443. The van der Waals surface area contributed by atoms with Crippen LogP contribution in [0.25, 0.3) is 0 Å². The Balaban J connectivity index is 1.96. The monoisotopic (exact) mass is 285 g/mol. The second-order valence-corrected chi connectivity index (χ2v) is 3.87. The van der Waals surface area contributed by atoms with Gasteiger partial charge < -0.3 is 19.5 Å². The second kappa shape index (κ2) is 6.74. The second-order valence-electron chi connectivity index (χ2n) is 3.87. The Kier molecular flexibility index (Phi) is 4.75. The molecule has 1 aromatic carbocycles. The minimum atomic E-state index is -2.91. The third kappa shape index (κ3) is 3.84. The van der Waals surface area contributed by atoms with Crippen LogP contribution in [0.15, 0.2) is 36.3 Å². The quantitative estimate of drug-likeness (QED) is 0.896. The van der Waals surface area contributed by atoms with Gasteiger partial charge in [-0.15, -0.1) is 0 Å². The number of ether oxygens (including phenoxy) is 3. The van der Waals surface area contributed by atoms with Gasteiger partial charge in [-0.1, -0.05) is 18.2 Å². The molecule has 1 aliphatic rings. The van der Waals surface area contributed by atoms with Crippen molar-refractivity contribution in [3.63, 3.8) is 0 Å². The fourth-order valence-electron chi connectivity index (χ4n) is 1.61. The van der Waals surface area contributed by atoms with Gasteiger partial charge in [0.15, 0.2) is 0 Å². The van der Waals surface area contributed by atoms with Crippen LogP contribution >= 0.6 is 0 Å². The van der Waals surface area contributed by atoms with Crippen molar-refractivity contribution in [2.75, 3.05) is 13.2 Å². The highest BCUT2D eigenvalue weighted by atomic mass is 19.3. The Labute approximate surface area is 114 Å². The summed E-state index contributed by atoms with van der Waals surface area (Å²) < 4.78 is 38.9. The number of nitrogens with one attached hydrogen (secondary N) is 1. The molecule has 0 aliphatic carbocycles. The topological polar surface area (TPSA) is 56.8 Å². The fraction of sp³-hybridized carbons (Fsp3) is 0.308. The predicted octanol–water partition coefficient (Wildman–Crippen LogP) is 1.79. The fourth-order valence-corrected chi connectivity index (χ4v) is 1.61. The largest absolute Gasteiger partial charge is 0.494 e. The molecule has 108 valence electrons. The molecule has 0 atom stereocenters. The van der Waals surface area contributed by atoms with Crippen LogP contribution in [-0.4, -0.2) is 25.7 Å². The van der Waals surface area contributed by atoms with Crippen LogP contribution in [0.5, 0.6) is 5.75 Å². The molecule has 1 aromatic rings. The van der Waals surface area contributed by atoms with Crippen molar-refractivity contribution >= 4 is 5.91 Å². The number of halogens is 2. The third-order valence-electron chi connectivity index (χ3n) is 2.50. The zero-order valence-corrected chi connectivity index (χ0v) is 10.5. The summed E-state index contributed by atoms with van der Waals surface area (Å²) in [6.45, 7) is -2.18. The van der Waals surface area contributed by atoms with Crippen LogP contribution in [0.2, 0.25) is 0 Å². The maximum atomic E-state index is 12.2. The van der Waals surface area contributed by atoms with Gasteiger partial charge in [-0.3, -0.25) is 4.79 Å². The normalized spacial score (nSPS) is 14.1. The van der Waals surface area contributed by atoms with Gasteiger partial charge in [-0.05, 0) is 6.07 Å². The van der Waals surface area contributed by atoms with Crippen LogP contribution < -0.4 is 10.1 Å². The van der Waals surface area contributed by atoms with Crippen LogP contribution in [-0.2, 0) is 20.8 Å². The summed E-state index contributed by atoms with van der Waals surface area (Å²) in [5.74, 6) is -0.391. The van der Waals surface area contributed by atoms with Gasteiger partial charge in [0.1, 0.15) is 25.2 Å². The number of alkyl halides is 2. The molecule has 1 aliphatic heterocycles. The molecule has 0 aromatic heterocycles. The molecule has 0 radical (unpaired) electrons. The molecule has 1 amide bonds. The van der Waals surface area contributed by atoms with E-state index >= 15 is 0 Å². The van der Waals surface area contributed by atoms with Gasteiger partial charge in [-0.2, -0.15) is 8.78 Å². The van der Waals surface area contributed by atoms with E-state index in [2.05, 4.69) is 10.1 Å². The molecule has 5 nitrogen and oxygen atoms in total. The third-order valence-corrected chi connectivity index (χ3v) is 2.50. The number of benzene rings is 1. The van der Waals surface area contributed by atoms with Gasteiger partial charge in [0.25, 0.3) is 5.91 Å².